The van der Waals surface area contributed by atoms with Gasteiger partial charge in [-0.15, -0.1) is 0 Å². The molecule has 4 rings (SSSR count). The van der Waals surface area contributed by atoms with Crippen LogP contribution in [0, 0.1) is 0 Å². The predicted molar refractivity (Wildman–Crippen MR) is 97.7 cm³/mol. The zero-order valence-corrected chi connectivity index (χ0v) is 14.8. The molecule has 1 aliphatic rings. The number of carbonyl (C=O) groups is 1. The van der Waals surface area contributed by atoms with Gasteiger partial charge in [-0.25, -0.2) is 4.98 Å². The Balaban J connectivity index is 1.69. The quantitative estimate of drug-likeness (QED) is 0.703. The summed E-state index contributed by atoms with van der Waals surface area (Å²) < 4.78 is 1.96. The number of halogens is 1. The summed E-state index contributed by atoms with van der Waals surface area (Å²) in [4.78, 5) is 22.9. The molecule has 0 aliphatic carbocycles. The monoisotopic (exact) mass is 354 g/mol. The number of nitrogens with zero attached hydrogens (tertiary/aromatic N) is 4. The van der Waals surface area contributed by atoms with Crippen molar-refractivity contribution < 1.29 is 4.79 Å². The topological polar surface area (TPSA) is 50.5 Å². The molecule has 0 aromatic carbocycles. The van der Waals surface area contributed by atoms with Gasteiger partial charge in [0.2, 0.25) is 5.91 Å². The fourth-order valence-corrected chi connectivity index (χ4v) is 3.63. The molecule has 1 amide bonds. The van der Waals surface area contributed by atoms with Gasteiger partial charge in [0, 0.05) is 37.8 Å². The van der Waals surface area contributed by atoms with Crippen molar-refractivity contribution in [1.82, 2.24) is 19.3 Å². The smallest absolute Gasteiger partial charge is 0.219 e. The van der Waals surface area contributed by atoms with Gasteiger partial charge in [0.25, 0.3) is 0 Å². The highest BCUT2D eigenvalue weighted by Gasteiger charge is 2.24. The summed E-state index contributed by atoms with van der Waals surface area (Å²) in [7, 11) is 0. The molecule has 128 valence electrons. The number of pyridine rings is 2. The third-order valence-corrected chi connectivity index (χ3v) is 5.01. The van der Waals surface area contributed by atoms with E-state index in [1.54, 1.807) is 6.92 Å². The van der Waals surface area contributed by atoms with Crippen LogP contribution < -0.4 is 0 Å². The molecule has 1 atom stereocenters. The Hall–Kier alpha value is -2.40. The summed E-state index contributed by atoms with van der Waals surface area (Å²) in [5, 5.41) is 0.660. The molecule has 3 aromatic heterocycles. The van der Waals surface area contributed by atoms with Gasteiger partial charge in [-0.2, -0.15) is 0 Å². The fraction of sp³-hybridized carbons (Fsp3) is 0.316. The second-order valence-electron chi connectivity index (χ2n) is 6.47. The van der Waals surface area contributed by atoms with E-state index in [1.807, 2.05) is 52.0 Å². The van der Waals surface area contributed by atoms with Gasteiger partial charge >= 0.3 is 0 Å². The number of hydrogen-bond donors (Lipinski definition) is 0. The summed E-state index contributed by atoms with van der Waals surface area (Å²) in [5.74, 6) is 0.414. The third-order valence-electron chi connectivity index (χ3n) is 4.79. The Kier molecular flexibility index (Phi) is 4.17. The molecule has 1 aliphatic heterocycles. The predicted octanol–water partition coefficient (Wildman–Crippen LogP) is 3.78. The highest BCUT2D eigenvalue weighted by atomic mass is 35.5. The molecule has 25 heavy (non-hydrogen) atoms. The second kappa shape index (κ2) is 6.48. The number of aromatic nitrogens is 3. The van der Waals surface area contributed by atoms with Gasteiger partial charge in [0.1, 0.15) is 5.65 Å². The van der Waals surface area contributed by atoms with Crippen LogP contribution in [0.4, 0.5) is 0 Å². The van der Waals surface area contributed by atoms with E-state index in [9.17, 15) is 4.79 Å². The minimum atomic E-state index is 0.136. The first-order chi connectivity index (χ1) is 12.1. The number of imidazole rings is 1. The van der Waals surface area contributed by atoms with Gasteiger partial charge in [-0.05, 0) is 37.1 Å². The molecule has 1 fully saturated rings. The van der Waals surface area contributed by atoms with Crippen LogP contribution in [0.1, 0.15) is 31.4 Å². The molecule has 3 aromatic rings. The maximum absolute atomic E-state index is 11.7. The maximum atomic E-state index is 11.7. The van der Waals surface area contributed by atoms with Crippen LogP contribution in [0.25, 0.3) is 17.0 Å². The molecule has 0 radical (unpaired) electrons. The van der Waals surface area contributed by atoms with Crippen molar-refractivity contribution in [3.63, 3.8) is 0 Å². The average Bonchev–Trinajstić information content (AvgIpc) is 3.05. The van der Waals surface area contributed by atoms with Crippen LogP contribution in [0.2, 0.25) is 5.02 Å². The Bertz CT molecular complexity index is 936. The van der Waals surface area contributed by atoms with Crippen LogP contribution in [0.5, 0.6) is 0 Å². The Morgan fingerprint density at radius 1 is 1.28 bits per heavy atom. The minimum absolute atomic E-state index is 0.136. The lowest BCUT2D eigenvalue weighted by molar-refractivity contribution is -0.130. The zero-order valence-electron chi connectivity index (χ0n) is 14.0. The first-order valence-corrected chi connectivity index (χ1v) is 8.85. The molecule has 0 saturated carbocycles. The van der Waals surface area contributed by atoms with Gasteiger partial charge < -0.3 is 4.90 Å². The fourth-order valence-electron chi connectivity index (χ4n) is 3.47. The molecule has 0 bridgehead atoms. The highest BCUT2D eigenvalue weighted by molar-refractivity contribution is 6.30. The third kappa shape index (κ3) is 3.12. The van der Waals surface area contributed by atoms with Crippen molar-refractivity contribution in [1.29, 1.82) is 0 Å². The van der Waals surface area contributed by atoms with Gasteiger partial charge in [-0.3, -0.25) is 14.2 Å². The van der Waals surface area contributed by atoms with E-state index < -0.39 is 0 Å². The number of amides is 1. The average molecular weight is 355 g/mol. The molecule has 4 heterocycles. The summed E-state index contributed by atoms with van der Waals surface area (Å²) in [5.41, 5.74) is 3.65. The van der Waals surface area contributed by atoms with E-state index in [1.165, 1.54) is 0 Å². The Labute approximate surface area is 151 Å². The van der Waals surface area contributed by atoms with Gasteiger partial charge in [-0.1, -0.05) is 17.7 Å². The van der Waals surface area contributed by atoms with E-state index in [2.05, 4.69) is 4.98 Å². The van der Waals surface area contributed by atoms with Crippen LogP contribution in [0.3, 0.4) is 0 Å². The number of likely N-dealkylation sites (tertiary alicyclic amines) is 1. The summed E-state index contributed by atoms with van der Waals surface area (Å²) in [6.07, 6.45) is 5.74. The van der Waals surface area contributed by atoms with Crippen LogP contribution >= 0.6 is 11.6 Å². The van der Waals surface area contributed by atoms with E-state index in [-0.39, 0.29) is 11.8 Å². The molecular formula is C19H19ClN4O. The van der Waals surface area contributed by atoms with Crippen molar-refractivity contribution >= 4 is 23.2 Å². The molecule has 1 unspecified atom stereocenters. The van der Waals surface area contributed by atoms with Crippen molar-refractivity contribution in [2.75, 3.05) is 13.1 Å². The minimum Gasteiger partial charge on any atom is -0.342 e. The van der Waals surface area contributed by atoms with Crippen LogP contribution in [-0.2, 0) is 4.79 Å². The van der Waals surface area contributed by atoms with E-state index in [0.717, 1.165) is 48.7 Å². The van der Waals surface area contributed by atoms with Crippen molar-refractivity contribution in [3.05, 3.63) is 53.4 Å². The molecule has 0 N–H and O–H groups in total. The lowest BCUT2D eigenvalue weighted by atomic mass is 9.94. The number of rotatable bonds is 2. The number of carbonyl (C=O) groups excluding carboxylic acids is 1. The SMILES string of the molecule is CC(=O)N1CCCC(c2cccc(-c3cnc4ccc(Cl)cn34)n2)C1. The summed E-state index contributed by atoms with van der Waals surface area (Å²) >= 11 is 6.13. The van der Waals surface area contributed by atoms with Gasteiger partial charge in [0.05, 0.1) is 22.6 Å². The van der Waals surface area contributed by atoms with Gasteiger partial charge in [0.15, 0.2) is 0 Å². The normalized spacial score (nSPS) is 17.8. The van der Waals surface area contributed by atoms with Crippen molar-refractivity contribution in [3.8, 4) is 11.4 Å². The first-order valence-electron chi connectivity index (χ1n) is 8.47. The lowest BCUT2D eigenvalue weighted by Crippen LogP contribution is -2.37. The van der Waals surface area contributed by atoms with Crippen molar-refractivity contribution in [2.24, 2.45) is 0 Å². The standard InChI is InChI=1S/C19H19ClN4O/c1-13(25)23-9-3-4-14(11-23)16-5-2-6-17(22-16)18-10-21-19-8-7-15(20)12-24(18)19/h2,5-8,10,12,14H,3-4,9,11H2,1H3. The largest absolute Gasteiger partial charge is 0.342 e. The Morgan fingerprint density at radius 3 is 3.00 bits per heavy atom. The summed E-state index contributed by atoms with van der Waals surface area (Å²) in [6, 6.07) is 9.78. The molecular weight excluding hydrogens is 336 g/mol. The first kappa shape index (κ1) is 16.1. The Morgan fingerprint density at radius 2 is 2.16 bits per heavy atom. The second-order valence-corrected chi connectivity index (χ2v) is 6.91. The zero-order chi connectivity index (χ0) is 17.4. The summed E-state index contributed by atoms with van der Waals surface area (Å²) in [6.45, 7) is 3.22. The number of fused-ring (bicyclic) bond motifs is 1. The van der Waals surface area contributed by atoms with E-state index in [0.29, 0.717) is 5.02 Å². The van der Waals surface area contributed by atoms with E-state index >= 15 is 0 Å². The molecule has 6 heteroatoms. The lowest BCUT2D eigenvalue weighted by Gasteiger charge is -2.31. The van der Waals surface area contributed by atoms with Crippen LogP contribution in [-0.4, -0.2) is 38.3 Å². The maximum Gasteiger partial charge on any atom is 0.219 e. The highest BCUT2D eigenvalue weighted by Crippen LogP contribution is 2.28. The molecule has 0 spiro atoms. The number of piperidine rings is 1. The van der Waals surface area contributed by atoms with Crippen molar-refractivity contribution in [2.45, 2.75) is 25.7 Å². The van der Waals surface area contributed by atoms with E-state index in [4.69, 9.17) is 16.6 Å². The number of hydrogen-bond acceptors (Lipinski definition) is 3. The molecule has 5 nitrogen and oxygen atoms in total. The molecule has 1 saturated heterocycles. The van der Waals surface area contributed by atoms with Crippen LogP contribution in [0.15, 0.2) is 42.7 Å².